The quantitative estimate of drug-likeness (QED) is 0.852. The third kappa shape index (κ3) is 2.96. The van der Waals surface area contributed by atoms with Crippen LogP contribution in [0.2, 0.25) is 0 Å². The molecule has 122 valence electrons. The van der Waals surface area contributed by atoms with Crippen molar-refractivity contribution in [2.45, 2.75) is 50.6 Å². The lowest BCUT2D eigenvalue weighted by Crippen LogP contribution is -2.57. The van der Waals surface area contributed by atoms with Crippen LogP contribution in [0.5, 0.6) is 0 Å². The van der Waals surface area contributed by atoms with E-state index in [4.69, 9.17) is 0 Å². The van der Waals surface area contributed by atoms with Gasteiger partial charge < -0.3 is 9.80 Å². The Labute approximate surface area is 136 Å². The normalized spacial score (nSPS) is 27.7. The summed E-state index contributed by atoms with van der Waals surface area (Å²) in [6, 6.07) is 4.68. The van der Waals surface area contributed by atoms with Gasteiger partial charge in [-0.1, -0.05) is 6.07 Å². The second-order valence-corrected chi connectivity index (χ2v) is 7.06. The highest BCUT2D eigenvalue weighted by Gasteiger charge is 2.45. The first kappa shape index (κ1) is 14.7. The molecule has 2 atom stereocenters. The van der Waals surface area contributed by atoms with Gasteiger partial charge in [0.15, 0.2) is 0 Å². The molecule has 2 aliphatic heterocycles. The zero-order chi connectivity index (χ0) is 15.8. The summed E-state index contributed by atoms with van der Waals surface area (Å²) < 4.78 is 0. The molecule has 0 bridgehead atoms. The summed E-state index contributed by atoms with van der Waals surface area (Å²) in [5.41, 5.74) is 0.970. The minimum Gasteiger partial charge on any atom is -0.342 e. The van der Waals surface area contributed by atoms with E-state index in [0.29, 0.717) is 36.8 Å². The van der Waals surface area contributed by atoms with Crippen molar-refractivity contribution in [1.82, 2.24) is 14.8 Å². The third-order valence-electron chi connectivity index (χ3n) is 5.44. The zero-order valence-corrected chi connectivity index (χ0v) is 13.4. The summed E-state index contributed by atoms with van der Waals surface area (Å²) in [4.78, 5) is 33.0. The number of hydrogen-bond donors (Lipinski definition) is 0. The van der Waals surface area contributed by atoms with Gasteiger partial charge >= 0.3 is 0 Å². The summed E-state index contributed by atoms with van der Waals surface area (Å²) in [6.07, 6.45) is 8.77. The summed E-state index contributed by atoms with van der Waals surface area (Å²) >= 11 is 0. The Balaban J connectivity index is 1.40. The van der Waals surface area contributed by atoms with Crippen LogP contribution in [0.1, 0.15) is 37.7 Å². The van der Waals surface area contributed by atoms with Crippen molar-refractivity contribution < 1.29 is 9.59 Å². The van der Waals surface area contributed by atoms with Crippen molar-refractivity contribution in [3.63, 3.8) is 0 Å². The number of fused-ring (bicyclic) bond motifs is 1. The Bertz CT molecular complexity index is 600. The van der Waals surface area contributed by atoms with E-state index in [1.165, 1.54) is 12.8 Å². The van der Waals surface area contributed by atoms with Crippen LogP contribution in [-0.4, -0.2) is 51.8 Å². The standard InChI is InChI=1S/C18H23N3O2/c22-17-6-3-14-12-20(9-7-16(14)21(17)15-4-5-15)18(23)10-13-2-1-8-19-11-13/h1-2,8,11,14-16H,3-7,9-10,12H2/t14-,16+/m0/s1. The predicted octanol–water partition coefficient (Wildman–Crippen LogP) is 1.63. The van der Waals surface area contributed by atoms with E-state index < -0.39 is 0 Å². The highest BCUT2D eigenvalue weighted by Crippen LogP contribution is 2.39. The Hall–Kier alpha value is -1.91. The molecule has 1 aliphatic carbocycles. The first-order valence-corrected chi connectivity index (χ1v) is 8.70. The molecule has 1 saturated carbocycles. The first-order valence-electron chi connectivity index (χ1n) is 8.70. The Morgan fingerprint density at radius 2 is 2.13 bits per heavy atom. The van der Waals surface area contributed by atoms with Crippen LogP contribution in [0.4, 0.5) is 0 Å². The number of hydrogen-bond acceptors (Lipinski definition) is 3. The van der Waals surface area contributed by atoms with Gasteiger partial charge in [0.25, 0.3) is 0 Å². The van der Waals surface area contributed by atoms with E-state index in [2.05, 4.69) is 9.88 Å². The van der Waals surface area contributed by atoms with Crippen LogP contribution < -0.4 is 0 Å². The SMILES string of the molecule is O=C(Cc1cccnc1)N1CC[C@@H]2[C@@H](CCC(=O)N2C2CC2)C1. The average Bonchev–Trinajstić information content (AvgIpc) is 3.40. The number of nitrogens with zero attached hydrogens (tertiary/aromatic N) is 3. The maximum Gasteiger partial charge on any atom is 0.227 e. The number of piperidine rings is 2. The molecule has 0 radical (unpaired) electrons. The maximum atomic E-state index is 12.6. The number of aromatic nitrogens is 1. The zero-order valence-electron chi connectivity index (χ0n) is 13.4. The molecule has 3 aliphatic rings. The van der Waals surface area contributed by atoms with E-state index in [1.54, 1.807) is 12.4 Å². The predicted molar refractivity (Wildman–Crippen MR) is 85.5 cm³/mol. The van der Waals surface area contributed by atoms with Crippen LogP contribution in [0, 0.1) is 5.92 Å². The number of carbonyl (C=O) groups excluding carboxylic acids is 2. The van der Waals surface area contributed by atoms with Crippen LogP contribution in [0.15, 0.2) is 24.5 Å². The van der Waals surface area contributed by atoms with Gasteiger partial charge in [0.1, 0.15) is 0 Å². The second-order valence-electron chi connectivity index (χ2n) is 7.06. The first-order chi connectivity index (χ1) is 11.2. The van der Waals surface area contributed by atoms with Crippen molar-refractivity contribution >= 4 is 11.8 Å². The van der Waals surface area contributed by atoms with Gasteiger partial charge in [-0.3, -0.25) is 14.6 Å². The minimum atomic E-state index is 0.186. The Morgan fingerprint density at radius 1 is 1.26 bits per heavy atom. The number of pyridine rings is 1. The molecular weight excluding hydrogens is 290 g/mol. The Morgan fingerprint density at radius 3 is 2.87 bits per heavy atom. The van der Waals surface area contributed by atoms with Gasteiger partial charge in [-0.25, -0.2) is 0 Å². The van der Waals surface area contributed by atoms with E-state index >= 15 is 0 Å². The van der Waals surface area contributed by atoms with Crippen molar-refractivity contribution in [1.29, 1.82) is 0 Å². The van der Waals surface area contributed by atoms with E-state index in [0.717, 1.165) is 31.5 Å². The molecule has 23 heavy (non-hydrogen) atoms. The highest BCUT2D eigenvalue weighted by atomic mass is 16.2. The molecule has 2 saturated heterocycles. The minimum absolute atomic E-state index is 0.186. The molecule has 5 nitrogen and oxygen atoms in total. The number of rotatable bonds is 3. The van der Waals surface area contributed by atoms with Crippen molar-refractivity contribution in [2.75, 3.05) is 13.1 Å². The lowest BCUT2D eigenvalue weighted by molar-refractivity contribution is -0.144. The smallest absolute Gasteiger partial charge is 0.227 e. The lowest BCUT2D eigenvalue weighted by Gasteiger charge is -2.47. The molecule has 0 aromatic carbocycles. The average molecular weight is 313 g/mol. The van der Waals surface area contributed by atoms with Crippen LogP contribution >= 0.6 is 0 Å². The molecule has 3 fully saturated rings. The molecule has 5 heteroatoms. The monoisotopic (exact) mass is 313 g/mol. The molecule has 4 rings (SSSR count). The molecule has 0 unspecified atom stereocenters. The largest absolute Gasteiger partial charge is 0.342 e. The van der Waals surface area contributed by atoms with E-state index in [9.17, 15) is 9.59 Å². The molecule has 1 aromatic heterocycles. The summed E-state index contributed by atoms with van der Waals surface area (Å²) in [7, 11) is 0. The lowest BCUT2D eigenvalue weighted by atomic mass is 9.83. The fraction of sp³-hybridized carbons (Fsp3) is 0.611. The highest BCUT2D eigenvalue weighted by molar-refractivity contribution is 5.80. The Kier molecular flexibility index (Phi) is 3.79. The molecule has 3 heterocycles. The van der Waals surface area contributed by atoms with E-state index in [1.807, 2.05) is 17.0 Å². The molecule has 1 aromatic rings. The van der Waals surface area contributed by atoms with Crippen molar-refractivity contribution in [2.24, 2.45) is 5.92 Å². The van der Waals surface area contributed by atoms with Crippen molar-refractivity contribution in [3.05, 3.63) is 30.1 Å². The molecule has 0 spiro atoms. The van der Waals surface area contributed by atoms with Gasteiger partial charge in [0, 0.05) is 44.0 Å². The van der Waals surface area contributed by atoms with Gasteiger partial charge in [-0.2, -0.15) is 0 Å². The fourth-order valence-electron chi connectivity index (χ4n) is 4.14. The topological polar surface area (TPSA) is 53.5 Å². The second kappa shape index (κ2) is 5.95. The van der Waals surface area contributed by atoms with Crippen LogP contribution in [-0.2, 0) is 16.0 Å². The molecule has 2 amide bonds. The maximum absolute atomic E-state index is 12.6. The van der Waals surface area contributed by atoms with Gasteiger partial charge in [-0.05, 0) is 43.2 Å². The number of amides is 2. The van der Waals surface area contributed by atoms with E-state index in [-0.39, 0.29) is 5.91 Å². The summed E-state index contributed by atoms with van der Waals surface area (Å²) in [5.74, 6) is 0.982. The molecular formula is C18H23N3O2. The van der Waals surface area contributed by atoms with Crippen LogP contribution in [0.3, 0.4) is 0 Å². The number of likely N-dealkylation sites (tertiary alicyclic amines) is 2. The van der Waals surface area contributed by atoms with Gasteiger partial charge in [0.05, 0.1) is 6.42 Å². The summed E-state index contributed by atoms with van der Waals surface area (Å²) in [6.45, 7) is 1.58. The molecule has 0 N–H and O–H groups in total. The van der Waals surface area contributed by atoms with Crippen LogP contribution in [0.25, 0.3) is 0 Å². The number of carbonyl (C=O) groups is 2. The summed E-state index contributed by atoms with van der Waals surface area (Å²) in [5, 5.41) is 0. The fourth-order valence-corrected chi connectivity index (χ4v) is 4.14. The third-order valence-corrected chi connectivity index (χ3v) is 5.44. The van der Waals surface area contributed by atoms with Gasteiger partial charge in [-0.15, -0.1) is 0 Å². The van der Waals surface area contributed by atoms with Gasteiger partial charge in [0.2, 0.25) is 11.8 Å². The van der Waals surface area contributed by atoms with Crippen molar-refractivity contribution in [3.8, 4) is 0 Å².